The van der Waals surface area contributed by atoms with Crippen LogP contribution in [0.25, 0.3) is 0 Å². The first-order chi connectivity index (χ1) is 15.7. The molecule has 1 fully saturated rings. The van der Waals surface area contributed by atoms with Gasteiger partial charge in [0.25, 0.3) is 5.91 Å². The van der Waals surface area contributed by atoms with Gasteiger partial charge < -0.3 is 10.1 Å². The maximum atomic E-state index is 12.9. The minimum absolute atomic E-state index is 0.0701. The van der Waals surface area contributed by atoms with Crippen LogP contribution in [0.5, 0.6) is 5.75 Å². The summed E-state index contributed by atoms with van der Waals surface area (Å²) in [6, 6.07) is 17.2. The molecular formula is C26H36N2O4S. The molecule has 1 amide bonds. The Morgan fingerprint density at radius 1 is 1.12 bits per heavy atom. The highest BCUT2D eigenvalue weighted by Gasteiger charge is 2.39. The number of rotatable bonds is 10. The van der Waals surface area contributed by atoms with Gasteiger partial charge >= 0.3 is 0 Å². The first-order valence-electron chi connectivity index (χ1n) is 11.8. The first kappa shape index (κ1) is 25.2. The van der Waals surface area contributed by atoms with E-state index >= 15 is 0 Å². The fourth-order valence-corrected chi connectivity index (χ4v) is 6.15. The molecular weight excluding hydrogens is 436 g/mol. The molecule has 1 saturated heterocycles. The topological polar surface area (TPSA) is 75.7 Å². The van der Waals surface area contributed by atoms with Gasteiger partial charge in [-0.15, -0.1) is 0 Å². The number of nitrogens with zero attached hydrogens (tertiary/aromatic N) is 1. The van der Waals surface area contributed by atoms with Crippen LogP contribution in [-0.2, 0) is 16.4 Å². The second-order valence-corrected chi connectivity index (χ2v) is 11.4. The SMILES string of the molecule is CCCS(=O)(=O)N1CCCC(CNC(=O)c2ccc(OC(C)C)cc2)(Cc2ccccc2)C1. The van der Waals surface area contributed by atoms with E-state index in [0.29, 0.717) is 38.0 Å². The van der Waals surface area contributed by atoms with Crippen LogP contribution in [0.2, 0.25) is 0 Å². The molecule has 1 unspecified atom stereocenters. The van der Waals surface area contributed by atoms with Gasteiger partial charge in [0.15, 0.2) is 0 Å². The van der Waals surface area contributed by atoms with Crippen molar-refractivity contribution in [2.24, 2.45) is 5.41 Å². The van der Waals surface area contributed by atoms with Gasteiger partial charge in [0, 0.05) is 30.6 Å². The zero-order chi connectivity index (χ0) is 23.9. The second-order valence-electron chi connectivity index (χ2n) is 9.29. The van der Waals surface area contributed by atoms with E-state index in [2.05, 4.69) is 17.4 Å². The first-order valence-corrected chi connectivity index (χ1v) is 13.4. The van der Waals surface area contributed by atoms with Crippen molar-refractivity contribution < 1.29 is 17.9 Å². The smallest absolute Gasteiger partial charge is 0.251 e. The van der Waals surface area contributed by atoms with E-state index in [-0.39, 0.29) is 23.2 Å². The summed E-state index contributed by atoms with van der Waals surface area (Å²) in [6.07, 6.45) is 3.03. The summed E-state index contributed by atoms with van der Waals surface area (Å²) in [5.74, 6) is 0.726. The minimum Gasteiger partial charge on any atom is -0.491 e. The lowest BCUT2D eigenvalue weighted by atomic mass is 9.75. The summed E-state index contributed by atoms with van der Waals surface area (Å²) < 4.78 is 32.9. The maximum Gasteiger partial charge on any atom is 0.251 e. The number of benzene rings is 2. The zero-order valence-corrected chi connectivity index (χ0v) is 20.7. The van der Waals surface area contributed by atoms with E-state index in [1.165, 1.54) is 0 Å². The monoisotopic (exact) mass is 472 g/mol. The van der Waals surface area contributed by atoms with Crippen LogP contribution in [0.15, 0.2) is 54.6 Å². The molecule has 3 rings (SSSR count). The van der Waals surface area contributed by atoms with Crippen molar-refractivity contribution in [3.63, 3.8) is 0 Å². The highest BCUT2D eigenvalue weighted by atomic mass is 32.2. The van der Waals surface area contributed by atoms with Crippen LogP contribution in [0.4, 0.5) is 0 Å². The van der Waals surface area contributed by atoms with Crippen molar-refractivity contribution in [3.05, 3.63) is 65.7 Å². The summed E-state index contributed by atoms with van der Waals surface area (Å²) in [5, 5.41) is 3.09. The van der Waals surface area contributed by atoms with Gasteiger partial charge in [0.1, 0.15) is 5.75 Å². The number of hydrogen-bond acceptors (Lipinski definition) is 4. The predicted molar refractivity (Wildman–Crippen MR) is 132 cm³/mol. The van der Waals surface area contributed by atoms with Gasteiger partial charge in [0.2, 0.25) is 10.0 Å². The molecule has 1 aliphatic rings. The molecule has 180 valence electrons. The third kappa shape index (κ3) is 7.05. The standard InChI is InChI=1S/C26H36N2O4S/c1-4-17-33(30,31)28-16-8-15-26(20-28,18-22-9-6-5-7-10-22)19-27-25(29)23-11-13-24(14-12-23)32-21(2)3/h5-7,9-14,21H,4,8,15-20H2,1-3H3,(H,27,29). The molecule has 1 atom stereocenters. The van der Waals surface area contributed by atoms with Crippen LogP contribution in [0.1, 0.15) is 56.0 Å². The molecule has 1 aliphatic heterocycles. The minimum atomic E-state index is -3.30. The van der Waals surface area contributed by atoms with Crippen LogP contribution in [-0.4, -0.2) is 50.1 Å². The van der Waals surface area contributed by atoms with Crippen molar-refractivity contribution in [1.29, 1.82) is 0 Å². The quantitative estimate of drug-likeness (QED) is 0.560. The summed E-state index contributed by atoms with van der Waals surface area (Å²) in [6.45, 7) is 7.19. The lowest BCUT2D eigenvalue weighted by Gasteiger charge is -2.42. The van der Waals surface area contributed by atoms with E-state index in [1.807, 2.05) is 39.0 Å². The van der Waals surface area contributed by atoms with E-state index in [9.17, 15) is 13.2 Å². The third-order valence-corrected chi connectivity index (χ3v) is 8.04. The Hall–Kier alpha value is -2.38. The van der Waals surface area contributed by atoms with Crippen molar-refractivity contribution >= 4 is 15.9 Å². The fourth-order valence-electron chi connectivity index (χ4n) is 4.49. The van der Waals surface area contributed by atoms with Gasteiger partial charge in [-0.2, -0.15) is 0 Å². The molecule has 2 aromatic carbocycles. The largest absolute Gasteiger partial charge is 0.491 e. The van der Waals surface area contributed by atoms with Crippen molar-refractivity contribution in [2.75, 3.05) is 25.4 Å². The molecule has 0 aromatic heterocycles. The Bertz CT molecular complexity index is 1010. The number of sulfonamides is 1. The molecule has 0 radical (unpaired) electrons. The summed E-state index contributed by atoms with van der Waals surface area (Å²) >= 11 is 0. The molecule has 1 heterocycles. The molecule has 0 aliphatic carbocycles. The lowest BCUT2D eigenvalue weighted by molar-refractivity contribution is 0.0889. The number of carbonyl (C=O) groups is 1. The highest BCUT2D eigenvalue weighted by Crippen LogP contribution is 2.35. The van der Waals surface area contributed by atoms with Crippen LogP contribution < -0.4 is 10.1 Å². The fraction of sp³-hybridized carbons (Fsp3) is 0.500. The Morgan fingerprint density at radius 3 is 2.45 bits per heavy atom. The number of ether oxygens (including phenoxy) is 1. The van der Waals surface area contributed by atoms with Crippen molar-refractivity contribution in [1.82, 2.24) is 9.62 Å². The van der Waals surface area contributed by atoms with E-state index in [1.54, 1.807) is 28.6 Å². The van der Waals surface area contributed by atoms with Crippen LogP contribution in [0, 0.1) is 5.41 Å². The Morgan fingerprint density at radius 2 is 1.82 bits per heavy atom. The van der Waals surface area contributed by atoms with Gasteiger partial charge in [-0.25, -0.2) is 12.7 Å². The van der Waals surface area contributed by atoms with E-state index in [0.717, 1.165) is 24.2 Å². The van der Waals surface area contributed by atoms with Crippen LogP contribution in [0.3, 0.4) is 0 Å². The van der Waals surface area contributed by atoms with E-state index < -0.39 is 10.0 Å². The lowest BCUT2D eigenvalue weighted by Crippen LogP contribution is -2.52. The summed E-state index contributed by atoms with van der Waals surface area (Å²) in [5.41, 5.74) is 1.36. The number of hydrogen-bond donors (Lipinski definition) is 1. The summed E-state index contributed by atoms with van der Waals surface area (Å²) in [4.78, 5) is 12.9. The van der Waals surface area contributed by atoms with Crippen molar-refractivity contribution in [2.45, 2.75) is 52.6 Å². The Labute approximate surface area is 198 Å². The molecule has 0 bridgehead atoms. The molecule has 33 heavy (non-hydrogen) atoms. The third-order valence-electron chi connectivity index (χ3n) is 6.02. The molecule has 6 nitrogen and oxygen atoms in total. The number of amides is 1. The van der Waals surface area contributed by atoms with Crippen LogP contribution >= 0.6 is 0 Å². The average molecular weight is 473 g/mol. The summed E-state index contributed by atoms with van der Waals surface area (Å²) in [7, 11) is -3.30. The molecule has 7 heteroatoms. The second kappa shape index (κ2) is 11.2. The Balaban J connectivity index is 1.76. The van der Waals surface area contributed by atoms with Gasteiger partial charge in [0.05, 0.1) is 11.9 Å². The maximum absolute atomic E-state index is 12.9. The zero-order valence-electron chi connectivity index (χ0n) is 19.9. The highest BCUT2D eigenvalue weighted by molar-refractivity contribution is 7.89. The van der Waals surface area contributed by atoms with Gasteiger partial charge in [-0.1, -0.05) is 37.3 Å². The molecule has 2 aromatic rings. The Kier molecular flexibility index (Phi) is 8.54. The van der Waals surface area contributed by atoms with Gasteiger partial charge in [-0.05, 0) is 69.4 Å². The molecule has 0 spiro atoms. The number of carbonyl (C=O) groups excluding carboxylic acids is 1. The van der Waals surface area contributed by atoms with E-state index in [4.69, 9.17) is 4.74 Å². The van der Waals surface area contributed by atoms with Crippen molar-refractivity contribution in [3.8, 4) is 5.75 Å². The predicted octanol–water partition coefficient (Wildman–Crippen LogP) is 4.27. The number of nitrogens with one attached hydrogen (secondary N) is 1. The van der Waals surface area contributed by atoms with Gasteiger partial charge in [-0.3, -0.25) is 4.79 Å². The average Bonchev–Trinajstić information content (AvgIpc) is 2.78. The molecule has 0 saturated carbocycles. The normalized spacial score (nSPS) is 19.4. The number of piperidine rings is 1. The molecule has 1 N–H and O–H groups in total.